The number of ether oxygens (including phenoxy) is 1. The highest BCUT2D eigenvalue weighted by atomic mass is 19.2. The van der Waals surface area contributed by atoms with Crippen molar-refractivity contribution >= 4 is 16.7 Å². The molecule has 0 saturated carbocycles. The van der Waals surface area contributed by atoms with Crippen molar-refractivity contribution in [2.24, 2.45) is 0 Å². The van der Waals surface area contributed by atoms with Crippen molar-refractivity contribution in [3.05, 3.63) is 58.3 Å². The maximum absolute atomic E-state index is 13.7. The molecule has 26 heavy (non-hydrogen) atoms. The number of pyridine rings is 1. The minimum atomic E-state index is -0.965. The summed E-state index contributed by atoms with van der Waals surface area (Å²) in [5, 5.41) is 0. The van der Waals surface area contributed by atoms with E-state index in [9.17, 15) is 13.6 Å². The first-order chi connectivity index (χ1) is 12.4. The molecule has 0 atom stereocenters. The maximum atomic E-state index is 13.7. The van der Waals surface area contributed by atoms with Crippen molar-refractivity contribution in [1.82, 2.24) is 14.1 Å². The molecule has 138 valence electrons. The van der Waals surface area contributed by atoms with Crippen molar-refractivity contribution in [2.45, 2.75) is 33.0 Å². The van der Waals surface area contributed by atoms with Gasteiger partial charge in [0.05, 0.1) is 36.0 Å². The van der Waals surface area contributed by atoms with Crippen LogP contribution in [0.25, 0.3) is 11.0 Å². The van der Waals surface area contributed by atoms with Crippen LogP contribution in [0.4, 0.5) is 14.5 Å². The Morgan fingerprint density at radius 2 is 2.00 bits per heavy atom. The van der Waals surface area contributed by atoms with Gasteiger partial charge < -0.3 is 19.6 Å². The van der Waals surface area contributed by atoms with Crippen LogP contribution in [0.1, 0.15) is 19.7 Å². The van der Waals surface area contributed by atoms with Crippen LogP contribution in [-0.2, 0) is 17.8 Å². The van der Waals surface area contributed by atoms with E-state index in [-0.39, 0.29) is 23.9 Å². The Hall–Kier alpha value is -2.74. The average Bonchev–Trinajstić information content (AvgIpc) is 2.89. The zero-order valence-electron chi connectivity index (χ0n) is 14.6. The Labute approximate surface area is 148 Å². The van der Waals surface area contributed by atoms with Crippen LogP contribution in [0.15, 0.2) is 35.3 Å². The molecular weight excluding hydrogens is 342 g/mol. The monoisotopic (exact) mass is 362 g/mol. The van der Waals surface area contributed by atoms with Crippen LogP contribution in [0.3, 0.4) is 0 Å². The molecule has 8 heteroatoms. The van der Waals surface area contributed by atoms with Crippen LogP contribution in [0.2, 0.25) is 0 Å². The summed E-state index contributed by atoms with van der Waals surface area (Å²) in [6, 6.07) is 5.34. The van der Waals surface area contributed by atoms with Crippen LogP contribution in [0.5, 0.6) is 0 Å². The summed E-state index contributed by atoms with van der Waals surface area (Å²) in [5.41, 5.74) is 6.20. The van der Waals surface area contributed by atoms with E-state index >= 15 is 0 Å². The number of anilines is 1. The molecule has 2 heterocycles. The van der Waals surface area contributed by atoms with E-state index in [2.05, 4.69) is 4.98 Å². The lowest BCUT2D eigenvalue weighted by Crippen LogP contribution is -2.24. The number of rotatable bonds is 6. The fraction of sp³-hybridized carbons (Fsp3) is 0.333. The molecule has 0 spiro atoms. The first-order valence-corrected chi connectivity index (χ1v) is 8.27. The van der Waals surface area contributed by atoms with Crippen LogP contribution >= 0.6 is 0 Å². The third-order valence-electron chi connectivity index (χ3n) is 4.00. The number of fused-ring (bicyclic) bond motifs is 1. The smallest absolute Gasteiger partial charge is 0.274 e. The van der Waals surface area contributed by atoms with Gasteiger partial charge in [-0.15, -0.1) is 0 Å². The molecular formula is C18H20F2N4O2. The number of halogens is 2. The van der Waals surface area contributed by atoms with Gasteiger partial charge >= 0.3 is 0 Å². The average molecular weight is 362 g/mol. The van der Waals surface area contributed by atoms with E-state index in [4.69, 9.17) is 10.5 Å². The zero-order valence-corrected chi connectivity index (χ0v) is 14.6. The Bertz CT molecular complexity index is 995. The fourth-order valence-electron chi connectivity index (χ4n) is 2.75. The lowest BCUT2D eigenvalue weighted by atomic mass is 10.3. The molecule has 2 N–H and O–H groups in total. The number of nitrogens with zero attached hydrogens (tertiary/aromatic N) is 3. The second-order valence-corrected chi connectivity index (χ2v) is 6.25. The summed E-state index contributed by atoms with van der Waals surface area (Å²) in [7, 11) is 0. The largest absolute Gasteiger partial charge is 0.394 e. The second kappa shape index (κ2) is 7.25. The Morgan fingerprint density at radius 1 is 1.27 bits per heavy atom. The Balaban J connectivity index is 2.04. The molecule has 3 rings (SSSR count). The standard InChI is InChI=1S/C18H20F2N4O2/c1-11(2)26-7-6-24-16-9-13(20)12(19)8-15(16)22-17(24)10-23-5-3-4-14(21)18(23)25/h3-5,8-9,11H,6-7,10,21H2,1-2H3. The summed E-state index contributed by atoms with van der Waals surface area (Å²) < 4.78 is 36.0. The maximum Gasteiger partial charge on any atom is 0.274 e. The van der Waals surface area contributed by atoms with Crippen LogP contribution < -0.4 is 11.3 Å². The van der Waals surface area contributed by atoms with Gasteiger partial charge in [0, 0.05) is 24.9 Å². The SMILES string of the molecule is CC(C)OCCn1c(Cn2cccc(N)c2=O)nc2cc(F)c(F)cc21. The number of aromatic nitrogens is 3. The number of imidazole rings is 1. The minimum absolute atomic E-state index is 0.0407. The van der Waals surface area contributed by atoms with Gasteiger partial charge in [0.2, 0.25) is 0 Å². The summed E-state index contributed by atoms with van der Waals surface area (Å²) >= 11 is 0. The van der Waals surface area contributed by atoms with Crippen LogP contribution in [0, 0.1) is 11.6 Å². The van der Waals surface area contributed by atoms with Gasteiger partial charge in [-0.1, -0.05) is 0 Å². The normalized spacial score (nSPS) is 11.6. The first-order valence-electron chi connectivity index (χ1n) is 8.27. The first kappa shape index (κ1) is 18.1. The van der Waals surface area contributed by atoms with E-state index in [1.807, 2.05) is 13.8 Å². The third-order valence-corrected chi connectivity index (χ3v) is 4.00. The van der Waals surface area contributed by atoms with Gasteiger partial charge in [-0.25, -0.2) is 13.8 Å². The molecule has 0 fully saturated rings. The Kier molecular flexibility index (Phi) is 5.03. The molecule has 2 aromatic heterocycles. The molecule has 0 saturated heterocycles. The van der Waals surface area contributed by atoms with Crippen molar-refractivity contribution in [2.75, 3.05) is 12.3 Å². The second-order valence-electron chi connectivity index (χ2n) is 6.25. The highest BCUT2D eigenvalue weighted by Gasteiger charge is 2.15. The topological polar surface area (TPSA) is 75.1 Å². The molecule has 6 nitrogen and oxygen atoms in total. The van der Waals surface area contributed by atoms with E-state index in [1.54, 1.807) is 16.8 Å². The third kappa shape index (κ3) is 3.60. The van der Waals surface area contributed by atoms with Gasteiger partial charge in [-0.05, 0) is 26.0 Å². The summed E-state index contributed by atoms with van der Waals surface area (Å²) in [4.78, 5) is 16.5. The number of nitrogen functional groups attached to an aromatic ring is 1. The summed E-state index contributed by atoms with van der Waals surface area (Å²) in [6.45, 7) is 4.72. The molecule has 0 aliphatic heterocycles. The number of hydrogen-bond donors (Lipinski definition) is 1. The summed E-state index contributed by atoms with van der Waals surface area (Å²) in [5.74, 6) is -1.42. The summed E-state index contributed by atoms with van der Waals surface area (Å²) in [6.07, 6.45) is 1.63. The van der Waals surface area contributed by atoms with Gasteiger partial charge in [-0.3, -0.25) is 4.79 Å². The number of hydrogen-bond acceptors (Lipinski definition) is 4. The van der Waals surface area contributed by atoms with Gasteiger partial charge in [-0.2, -0.15) is 0 Å². The lowest BCUT2D eigenvalue weighted by molar-refractivity contribution is 0.0728. The van der Waals surface area contributed by atoms with Gasteiger partial charge in [0.15, 0.2) is 11.6 Å². The Morgan fingerprint density at radius 3 is 2.73 bits per heavy atom. The van der Waals surface area contributed by atoms with Crippen LogP contribution in [-0.4, -0.2) is 26.8 Å². The minimum Gasteiger partial charge on any atom is -0.394 e. The zero-order chi connectivity index (χ0) is 18.8. The molecule has 1 aromatic carbocycles. The fourth-order valence-corrected chi connectivity index (χ4v) is 2.75. The van der Waals surface area contributed by atoms with E-state index in [0.29, 0.717) is 30.0 Å². The molecule has 0 aliphatic carbocycles. The predicted molar refractivity (Wildman–Crippen MR) is 95.0 cm³/mol. The quantitative estimate of drug-likeness (QED) is 0.731. The predicted octanol–water partition coefficient (Wildman–Crippen LogP) is 2.53. The highest BCUT2D eigenvalue weighted by Crippen LogP contribution is 2.21. The number of benzene rings is 1. The van der Waals surface area contributed by atoms with E-state index in [0.717, 1.165) is 12.1 Å². The molecule has 0 radical (unpaired) electrons. The van der Waals surface area contributed by atoms with Crippen molar-refractivity contribution in [3.8, 4) is 0 Å². The lowest BCUT2D eigenvalue weighted by Gasteiger charge is -2.13. The molecule has 0 aliphatic rings. The van der Waals surface area contributed by atoms with E-state index < -0.39 is 11.6 Å². The highest BCUT2D eigenvalue weighted by molar-refractivity contribution is 5.76. The van der Waals surface area contributed by atoms with E-state index in [1.165, 1.54) is 10.6 Å². The van der Waals surface area contributed by atoms with Crippen molar-refractivity contribution in [3.63, 3.8) is 0 Å². The molecule has 3 aromatic rings. The van der Waals surface area contributed by atoms with Crippen molar-refractivity contribution < 1.29 is 13.5 Å². The van der Waals surface area contributed by atoms with Crippen molar-refractivity contribution in [1.29, 1.82) is 0 Å². The number of nitrogens with two attached hydrogens (primary N) is 1. The molecule has 0 amide bonds. The van der Waals surface area contributed by atoms with Gasteiger partial charge in [0.25, 0.3) is 5.56 Å². The van der Waals surface area contributed by atoms with Gasteiger partial charge in [0.1, 0.15) is 5.82 Å². The molecule has 0 unspecified atom stereocenters. The molecule has 0 bridgehead atoms.